The van der Waals surface area contributed by atoms with E-state index in [0.29, 0.717) is 15.7 Å². The molecule has 0 aliphatic rings. The second-order valence-corrected chi connectivity index (χ2v) is 8.36. The number of ether oxygens (including phenoxy) is 1. The fraction of sp³-hybridized carbons (Fsp3) is 0.167. The maximum absolute atomic E-state index is 12.5. The van der Waals surface area contributed by atoms with Crippen molar-refractivity contribution in [3.63, 3.8) is 0 Å². The summed E-state index contributed by atoms with van der Waals surface area (Å²) in [5.74, 6) is 0.824. The van der Waals surface area contributed by atoms with E-state index >= 15 is 0 Å². The van der Waals surface area contributed by atoms with Crippen LogP contribution in [0.2, 0.25) is 5.02 Å². The van der Waals surface area contributed by atoms with Crippen LogP contribution in [0.3, 0.4) is 0 Å². The lowest BCUT2D eigenvalue weighted by Gasteiger charge is -2.07. The number of ketones is 1. The molecule has 0 aliphatic carbocycles. The van der Waals surface area contributed by atoms with Crippen LogP contribution in [0.15, 0.2) is 52.9 Å². The van der Waals surface area contributed by atoms with Crippen molar-refractivity contribution < 1.29 is 9.53 Å². The molecule has 8 heteroatoms. The Hall–Kier alpha value is -2.09. The lowest BCUT2D eigenvalue weighted by molar-refractivity contribution is 0.0994. The third kappa shape index (κ3) is 4.75. The molecular formula is C18H16ClN3O2S2. The number of nitrogens with one attached hydrogen (secondary N) is 1. The third-order valence-corrected chi connectivity index (χ3v) is 5.80. The van der Waals surface area contributed by atoms with Gasteiger partial charge in [-0.3, -0.25) is 4.79 Å². The van der Waals surface area contributed by atoms with Gasteiger partial charge in [0.25, 0.3) is 0 Å². The van der Waals surface area contributed by atoms with E-state index < -0.39 is 0 Å². The molecule has 1 atom stereocenters. The van der Waals surface area contributed by atoms with Gasteiger partial charge < -0.3 is 10.1 Å². The van der Waals surface area contributed by atoms with E-state index in [1.165, 1.54) is 23.1 Å². The third-order valence-electron chi connectivity index (χ3n) is 3.52. The smallest absolute Gasteiger partial charge is 0.210 e. The zero-order valence-corrected chi connectivity index (χ0v) is 16.5. The number of carbonyl (C=O) groups is 1. The minimum absolute atomic E-state index is 0.0338. The first-order valence-corrected chi connectivity index (χ1v) is 9.83. The van der Waals surface area contributed by atoms with E-state index in [2.05, 4.69) is 15.5 Å². The number of halogens is 1. The summed E-state index contributed by atoms with van der Waals surface area (Å²) in [5, 5.41) is 12.5. The normalized spacial score (nSPS) is 11.8. The summed E-state index contributed by atoms with van der Waals surface area (Å²) >= 11 is 8.66. The number of methoxy groups -OCH3 is 1. The molecule has 5 nitrogen and oxygen atoms in total. The molecular weight excluding hydrogens is 390 g/mol. The monoisotopic (exact) mass is 405 g/mol. The van der Waals surface area contributed by atoms with Crippen molar-refractivity contribution >= 4 is 51.3 Å². The second kappa shape index (κ2) is 8.53. The first-order valence-electron chi connectivity index (χ1n) is 7.76. The first kappa shape index (κ1) is 18.7. The predicted octanol–water partition coefficient (Wildman–Crippen LogP) is 5.31. The Kier molecular flexibility index (Phi) is 6.13. The molecule has 0 radical (unpaired) electrons. The molecule has 2 aromatic carbocycles. The Morgan fingerprint density at radius 1 is 1.15 bits per heavy atom. The quantitative estimate of drug-likeness (QED) is 0.424. The second-order valence-electron chi connectivity index (χ2n) is 5.36. The largest absolute Gasteiger partial charge is 0.497 e. The van der Waals surface area contributed by atoms with Crippen molar-refractivity contribution in [2.45, 2.75) is 16.5 Å². The molecule has 0 unspecified atom stereocenters. The lowest BCUT2D eigenvalue weighted by Crippen LogP contribution is -2.13. The fourth-order valence-corrected chi connectivity index (χ4v) is 4.28. The number of nitrogens with zero attached hydrogens (tertiary/aromatic N) is 2. The maximum atomic E-state index is 12.5. The highest BCUT2D eigenvalue weighted by atomic mass is 35.5. The molecule has 26 heavy (non-hydrogen) atoms. The van der Waals surface area contributed by atoms with E-state index in [-0.39, 0.29) is 11.0 Å². The van der Waals surface area contributed by atoms with Crippen molar-refractivity contribution in [2.75, 3.05) is 12.4 Å². The lowest BCUT2D eigenvalue weighted by atomic mass is 10.1. The summed E-state index contributed by atoms with van der Waals surface area (Å²) in [6, 6.07) is 14.4. The Morgan fingerprint density at radius 2 is 1.85 bits per heavy atom. The number of Topliss-reactive ketones (excluding diaryl/α,β-unsaturated/α-hetero) is 1. The van der Waals surface area contributed by atoms with Gasteiger partial charge in [-0.05, 0) is 55.5 Å². The molecule has 0 amide bonds. The minimum Gasteiger partial charge on any atom is -0.497 e. The van der Waals surface area contributed by atoms with E-state index in [4.69, 9.17) is 16.3 Å². The molecule has 1 aromatic heterocycles. The highest BCUT2D eigenvalue weighted by Gasteiger charge is 2.18. The van der Waals surface area contributed by atoms with Gasteiger partial charge in [0, 0.05) is 16.3 Å². The van der Waals surface area contributed by atoms with Gasteiger partial charge in [0.05, 0.1) is 12.4 Å². The topological polar surface area (TPSA) is 64.1 Å². The van der Waals surface area contributed by atoms with Crippen molar-refractivity contribution in [1.82, 2.24) is 10.2 Å². The first-order chi connectivity index (χ1) is 12.5. The van der Waals surface area contributed by atoms with E-state index in [9.17, 15) is 4.79 Å². The minimum atomic E-state index is -0.266. The van der Waals surface area contributed by atoms with Gasteiger partial charge in [0.1, 0.15) is 5.75 Å². The van der Waals surface area contributed by atoms with Crippen LogP contribution in [0.4, 0.5) is 10.8 Å². The number of benzene rings is 2. The van der Waals surface area contributed by atoms with Gasteiger partial charge in [-0.2, -0.15) is 0 Å². The Balaban J connectivity index is 1.61. The number of hydrogen-bond acceptors (Lipinski definition) is 7. The summed E-state index contributed by atoms with van der Waals surface area (Å²) in [6.45, 7) is 1.86. The molecule has 3 rings (SSSR count). The molecule has 0 bridgehead atoms. The van der Waals surface area contributed by atoms with Gasteiger partial charge in [0.2, 0.25) is 5.13 Å². The van der Waals surface area contributed by atoms with Gasteiger partial charge in [0.15, 0.2) is 10.1 Å². The van der Waals surface area contributed by atoms with Crippen LogP contribution in [0.1, 0.15) is 17.3 Å². The maximum Gasteiger partial charge on any atom is 0.210 e. The number of rotatable bonds is 7. The number of hydrogen-bond donors (Lipinski definition) is 1. The number of aromatic nitrogens is 2. The number of carbonyl (C=O) groups excluding carboxylic acids is 1. The molecule has 0 spiro atoms. The van der Waals surface area contributed by atoms with Crippen LogP contribution in [0, 0.1) is 0 Å². The predicted molar refractivity (Wildman–Crippen MR) is 107 cm³/mol. The molecule has 1 heterocycles. The van der Waals surface area contributed by atoms with Crippen LogP contribution in [0.5, 0.6) is 5.75 Å². The SMILES string of the molecule is COc1ccc(Nc2nnc(S[C@H](C)C(=O)c3ccc(Cl)cc3)s2)cc1. The standard InChI is InChI=1S/C18H16ClN3O2S2/c1-11(16(23)12-3-5-13(19)6-4-12)25-18-22-21-17(26-18)20-14-7-9-15(24-2)10-8-14/h3-11H,1-2H3,(H,20,21)/t11-/m1/s1. The summed E-state index contributed by atoms with van der Waals surface area (Å²) in [6.07, 6.45) is 0. The number of thioether (sulfide) groups is 1. The molecule has 0 saturated carbocycles. The van der Waals surface area contributed by atoms with Gasteiger partial charge in [-0.15, -0.1) is 10.2 Å². The molecule has 134 valence electrons. The van der Waals surface area contributed by atoms with Gasteiger partial charge in [-0.1, -0.05) is 34.7 Å². The summed E-state index contributed by atoms with van der Waals surface area (Å²) in [5.41, 5.74) is 1.53. The zero-order chi connectivity index (χ0) is 18.5. The molecule has 0 aliphatic heterocycles. The van der Waals surface area contributed by atoms with Crippen LogP contribution in [-0.4, -0.2) is 28.3 Å². The molecule has 3 aromatic rings. The van der Waals surface area contributed by atoms with Crippen molar-refractivity contribution in [3.05, 3.63) is 59.1 Å². The highest BCUT2D eigenvalue weighted by molar-refractivity contribution is 8.02. The molecule has 1 N–H and O–H groups in total. The average Bonchev–Trinajstić information content (AvgIpc) is 3.09. The van der Waals surface area contributed by atoms with E-state index in [1.54, 1.807) is 31.4 Å². The summed E-state index contributed by atoms with van der Waals surface area (Å²) in [4.78, 5) is 12.5. The van der Waals surface area contributed by atoms with Crippen LogP contribution in [-0.2, 0) is 0 Å². The Morgan fingerprint density at radius 3 is 2.50 bits per heavy atom. The van der Waals surface area contributed by atoms with Crippen LogP contribution >= 0.6 is 34.7 Å². The van der Waals surface area contributed by atoms with Crippen molar-refractivity contribution in [2.24, 2.45) is 0 Å². The summed E-state index contributed by atoms with van der Waals surface area (Å²) in [7, 11) is 1.63. The molecule has 0 fully saturated rings. The van der Waals surface area contributed by atoms with E-state index in [1.807, 2.05) is 31.2 Å². The number of anilines is 2. The van der Waals surface area contributed by atoms with Crippen LogP contribution < -0.4 is 10.1 Å². The highest BCUT2D eigenvalue weighted by Crippen LogP contribution is 2.32. The van der Waals surface area contributed by atoms with Crippen LogP contribution in [0.25, 0.3) is 0 Å². The zero-order valence-electron chi connectivity index (χ0n) is 14.1. The fourth-order valence-electron chi connectivity index (χ4n) is 2.16. The van der Waals surface area contributed by atoms with Gasteiger partial charge >= 0.3 is 0 Å². The summed E-state index contributed by atoms with van der Waals surface area (Å²) < 4.78 is 5.87. The van der Waals surface area contributed by atoms with Gasteiger partial charge in [-0.25, -0.2) is 0 Å². The van der Waals surface area contributed by atoms with Crippen molar-refractivity contribution in [3.8, 4) is 5.75 Å². The Bertz CT molecular complexity index is 882. The van der Waals surface area contributed by atoms with E-state index in [0.717, 1.165) is 15.8 Å². The molecule has 0 saturated heterocycles. The van der Waals surface area contributed by atoms with Crippen molar-refractivity contribution in [1.29, 1.82) is 0 Å². The Labute approximate surface area is 164 Å². The average molecular weight is 406 g/mol.